The molecule has 120 valence electrons. The van der Waals surface area contributed by atoms with Crippen LogP contribution in [-0.4, -0.2) is 20.9 Å². The van der Waals surface area contributed by atoms with E-state index in [1.54, 1.807) is 6.20 Å². The van der Waals surface area contributed by atoms with Gasteiger partial charge < -0.3 is 10.6 Å². The van der Waals surface area contributed by atoms with E-state index in [1.807, 2.05) is 5.38 Å². The van der Waals surface area contributed by atoms with Crippen LogP contribution in [0.4, 0.5) is 16.2 Å². The van der Waals surface area contributed by atoms with Crippen molar-refractivity contribution in [2.75, 3.05) is 5.32 Å². The maximum atomic E-state index is 12.4. The van der Waals surface area contributed by atoms with Crippen LogP contribution in [0.15, 0.2) is 30.0 Å². The number of hydrogen-bond donors (Lipinski definition) is 2. The van der Waals surface area contributed by atoms with Gasteiger partial charge in [0.15, 0.2) is 0 Å². The van der Waals surface area contributed by atoms with Crippen molar-refractivity contribution in [1.29, 1.82) is 0 Å². The lowest BCUT2D eigenvalue weighted by Gasteiger charge is -2.28. The summed E-state index contributed by atoms with van der Waals surface area (Å²) in [5, 5.41) is 19.2. The van der Waals surface area contributed by atoms with Gasteiger partial charge in [0.1, 0.15) is 16.9 Å². The van der Waals surface area contributed by atoms with Gasteiger partial charge in [0.25, 0.3) is 0 Å². The van der Waals surface area contributed by atoms with Crippen LogP contribution >= 0.6 is 11.3 Å². The first-order valence-corrected chi connectivity index (χ1v) is 8.06. The molecule has 1 saturated carbocycles. The highest BCUT2D eigenvalue weighted by Crippen LogP contribution is 2.39. The van der Waals surface area contributed by atoms with Crippen LogP contribution in [0.3, 0.4) is 0 Å². The third-order valence-corrected chi connectivity index (χ3v) is 4.87. The molecule has 3 rings (SSSR count). The third kappa shape index (κ3) is 3.14. The zero-order chi connectivity index (χ0) is 16.3. The molecule has 2 aromatic rings. The predicted molar refractivity (Wildman–Crippen MR) is 85.3 cm³/mol. The van der Waals surface area contributed by atoms with E-state index in [-0.39, 0.29) is 11.4 Å². The van der Waals surface area contributed by atoms with Crippen LogP contribution in [0.5, 0.6) is 0 Å². The Hall–Kier alpha value is -2.55. The molecule has 2 heterocycles. The van der Waals surface area contributed by atoms with E-state index >= 15 is 0 Å². The Morgan fingerprint density at radius 1 is 1.35 bits per heavy atom. The molecule has 0 aromatic carbocycles. The summed E-state index contributed by atoms with van der Waals surface area (Å²) < 4.78 is 0. The Balaban J connectivity index is 1.78. The lowest BCUT2D eigenvalue weighted by Crippen LogP contribution is -2.45. The number of thiazole rings is 1. The SMILES string of the molecule is O=C(Nc1ccncc1[N+](=O)[O-])NC1(c2nccs2)CCCC1. The maximum absolute atomic E-state index is 12.4. The largest absolute Gasteiger partial charge is 0.326 e. The number of nitro groups is 1. The number of nitrogens with one attached hydrogen (secondary N) is 2. The molecule has 2 amide bonds. The number of pyridine rings is 1. The van der Waals surface area contributed by atoms with Crippen molar-refractivity contribution >= 4 is 28.7 Å². The molecule has 9 heteroatoms. The van der Waals surface area contributed by atoms with E-state index in [0.717, 1.165) is 36.9 Å². The van der Waals surface area contributed by atoms with Gasteiger partial charge in [0.05, 0.1) is 10.5 Å². The zero-order valence-corrected chi connectivity index (χ0v) is 13.0. The topological polar surface area (TPSA) is 110 Å². The van der Waals surface area contributed by atoms with Gasteiger partial charge in [-0.1, -0.05) is 12.8 Å². The summed E-state index contributed by atoms with van der Waals surface area (Å²) >= 11 is 1.50. The number of hydrogen-bond acceptors (Lipinski definition) is 6. The smallest absolute Gasteiger partial charge is 0.320 e. The molecule has 1 fully saturated rings. The summed E-state index contributed by atoms with van der Waals surface area (Å²) in [6, 6.07) is 0.930. The van der Waals surface area contributed by atoms with Crippen LogP contribution in [0, 0.1) is 10.1 Å². The maximum Gasteiger partial charge on any atom is 0.320 e. The fourth-order valence-electron chi connectivity index (χ4n) is 2.84. The van der Waals surface area contributed by atoms with Crippen LogP contribution in [-0.2, 0) is 5.54 Å². The highest BCUT2D eigenvalue weighted by atomic mass is 32.1. The molecular formula is C14H15N5O3S. The van der Waals surface area contributed by atoms with E-state index in [4.69, 9.17) is 0 Å². The monoisotopic (exact) mass is 333 g/mol. The van der Waals surface area contributed by atoms with E-state index in [9.17, 15) is 14.9 Å². The van der Waals surface area contributed by atoms with Gasteiger partial charge in [-0.2, -0.15) is 0 Å². The van der Waals surface area contributed by atoms with Gasteiger partial charge >= 0.3 is 11.7 Å². The van der Waals surface area contributed by atoms with E-state index < -0.39 is 16.5 Å². The quantitative estimate of drug-likeness (QED) is 0.660. The molecule has 0 unspecified atom stereocenters. The second-order valence-electron chi connectivity index (χ2n) is 5.36. The van der Waals surface area contributed by atoms with E-state index in [1.165, 1.54) is 23.6 Å². The molecule has 0 radical (unpaired) electrons. The molecule has 0 bridgehead atoms. The molecule has 1 aliphatic rings. The van der Waals surface area contributed by atoms with E-state index in [2.05, 4.69) is 20.6 Å². The fourth-order valence-corrected chi connectivity index (χ4v) is 3.69. The molecule has 23 heavy (non-hydrogen) atoms. The number of aromatic nitrogens is 2. The van der Waals surface area contributed by atoms with Crippen LogP contribution in [0.1, 0.15) is 30.7 Å². The highest BCUT2D eigenvalue weighted by molar-refractivity contribution is 7.09. The lowest BCUT2D eigenvalue weighted by atomic mass is 9.99. The first-order valence-electron chi connectivity index (χ1n) is 7.18. The van der Waals surface area contributed by atoms with Gasteiger partial charge in [-0.3, -0.25) is 15.1 Å². The standard InChI is InChI=1S/C14H15N5O3S/c20-13(17-10-3-6-15-9-11(10)19(21)22)18-14(4-1-2-5-14)12-16-7-8-23-12/h3,6-9H,1-2,4-5H2,(H2,15,17,18,20). The molecule has 0 atom stereocenters. The number of nitrogens with zero attached hydrogens (tertiary/aromatic N) is 3. The first-order chi connectivity index (χ1) is 11.1. The normalized spacial score (nSPS) is 16.0. The Bertz CT molecular complexity index is 713. The predicted octanol–water partition coefficient (Wildman–Crippen LogP) is 3.04. The molecular weight excluding hydrogens is 318 g/mol. The van der Waals surface area contributed by atoms with Crippen LogP contribution < -0.4 is 10.6 Å². The molecule has 0 aliphatic heterocycles. The lowest BCUT2D eigenvalue weighted by molar-refractivity contribution is -0.384. The number of carbonyl (C=O) groups is 1. The summed E-state index contributed by atoms with van der Waals surface area (Å²) in [4.78, 5) is 30.8. The Kier molecular flexibility index (Phi) is 4.20. The molecule has 8 nitrogen and oxygen atoms in total. The number of amides is 2. The highest BCUT2D eigenvalue weighted by Gasteiger charge is 2.39. The fraction of sp³-hybridized carbons (Fsp3) is 0.357. The first kappa shape index (κ1) is 15.3. The van der Waals surface area contributed by atoms with E-state index in [0.29, 0.717) is 0 Å². The zero-order valence-electron chi connectivity index (χ0n) is 12.2. The molecule has 0 saturated heterocycles. The summed E-state index contributed by atoms with van der Waals surface area (Å²) in [7, 11) is 0. The molecule has 2 N–H and O–H groups in total. The molecule has 2 aromatic heterocycles. The number of rotatable bonds is 4. The minimum Gasteiger partial charge on any atom is -0.326 e. The minimum atomic E-state index is -0.575. The average Bonchev–Trinajstić information content (AvgIpc) is 3.19. The van der Waals surface area contributed by atoms with Crippen molar-refractivity contribution in [2.45, 2.75) is 31.2 Å². The van der Waals surface area contributed by atoms with Gasteiger partial charge in [0.2, 0.25) is 0 Å². The van der Waals surface area contributed by atoms with Gasteiger partial charge in [-0.05, 0) is 18.9 Å². The van der Waals surface area contributed by atoms with Crippen molar-refractivity contribution in [3.8, 4) is 0 Å². The van der Waals surface area contributed by atoms with Crippen LogP contribution in [0.25, 0.3) is 0 Å². The number of anilines is 1. The third-order valence-electron chi connectivity index (χ3n) is 3.90. The van der Waals surface area contributed by atoms with Crippen molar-refractivity contribution in [1.82, 2.24) is 15.3 Å². The Morgan fingerprint density at radius 3 is 2.78 bits per heavy atom. The van der Waals surface area contributed by atoms with Crippen molar-refractivity contribution < 1.29 is 9.72 Å². The second kappa shape index (κ2) is 6.29. The summed E-state index contributed by atoms with van der Waals surface area (Å²) in [6.45, 7) is 0. The molecule has 1 aliphatic carbocycles. The van der Waals surface area contributed by atoms with Gasteiger partial charge in [-0.15, -0.1) is 11.3 Å². The van der Waals surface area contributed by atoms with Gasteiger partial charge in [-0.25, -0.2) is 9.78 Å². The number of urea groups is 1. The summed E-state index contributed by atoms with van der Waals surface area (Å²) in [5.74, 6) is 0. The Labute approximate surface area is 136 Å². The number of carbonyl (C=O) groups excluding carboxylic acids is 1. The summed E-state index contributed by atoms with van der Waals surface area (Å²) in [5.41, 5.74) is -0.604. The minimum absolute atomic E-state index is 0.120. The molecule has 0 spiro atoms. The van der Waals surface area contributed by atoms with Crippen molar-refractivity contribution in [3.05, 3.63) is 45.2 Å². The van der Waals surface area contributed by atoms with Crippen molar-refractivity contribution in [3.63, 3.8) is 0 Å². The van der Waals surface area contributed by atoms with Crippen molar-refractivity contribution in [2.24, 2.45) is 0 Å². The summed E-state index contributed by atoms with van der Waals surface area (Å²) in [6.07, 6.45) is 7.87. The average molecular weight is 333 g/mol. The second-order valence-corrected chi connectivity index (χ2v) is 6.25. The Morgan fingerprint density at radius 2 is 2.13 bits per heavy atom. The van der Waals surface area contributed by atoms with Gasteiger partial charge in [0, 0.05) is 17.8 Å². The van der Waals surface area contributed by atoms with Crippen LogP contribution in [0.2, 0.25) is 0 Å².